The Balaban J connectivity index is 2.20. The largest absolute Gasteiger partial charge is 0.311 e. The van der Waals surface area contributed by atoms with E-state index in [0.717, 1.165) is 5.69 Å². The van der Waals surface area contributed by atoms with Crippen LogP contribution < -0.4 is 4.90 Å². The Morgan fingerprint density at radius 3 is 2.80 bits per heavy atom. The van der Waals surface area contributed by atoms with E-state index in [1.807, 2.05) is 19.1 Å². The first-order chi connectivity index (χ1) is 7.07. The number of hydrogen-bond acceptors (Lipinski definition) is 1. The van der Waals surface area contributed by atoms with Crippen LogP contribution in [0.5, 0.6) is 0 Å². The number of rotatable bonds is 2. The van der Waals surface area contributed by atoms with Gasteiger partial charge in [0.1, 0.15) is 0 Å². The number of amides is 1. The van der Waals surface area contributed by atoms with E-state index < -0.39 is 5.41 Å². The Bertz CT molecular complexity index is 407. The lowest BCUT2D eigenvalue weighted by molar-refractivity contribution is -0.132. The fraction of sp³-hybridized carbons (Fsp3) is 0.364. The van der Waals surface area contributed by atoms with Gasteiger partial charge in [-0.25, -0.2) is 0 Å². The third kappa shape index (κ3) is 1.72. The Morgan fingerprint density at radius 2 is 2.27 bits per heavy atom. The van der Waals surface area contributed by atoms with E-state index in [1.165, 1.54) is 0 Å². The third-order valence-corrected chi connectivity index (χ3v) is 3.51. The quantitative estimate of drug-likeness (QED) is 0.578. The number of halogens is 2. The van der Waals surface area contributed by atoms with Crippen molar-refractivity contribution >= 4 is 34.8 Å². The number of β-lactam (4-membered cyclic amide) rings is 1. The van der Waals surface area contributed by atoms with Crippen LogP contribution in [0.2, 0.25) is 5.02 Å². The molecule has 0 aliphatic carbocycles. The molecule has 2 rings (SSSR count). The van der Waals surface area contributed by atoms with Crippen molar-refractivity contribution in [3.05, 3.63) is 29.3 Å². The van der Waals surface area contributed by atoms with E-state index >= 15 is 0 Å². The average Bonchev–Trinajstić information content (AvgIpc) is 2.24. The Labute approximate surface area is 98.8 Å². The molecule has 1 heterocycles. The molecule has 0 radical (unpaired) electrons. The first-order valence-electron chi connectivity index (χ1n) is 4.70. The van der Waals surface area contributed by atoms with Crippen molar-refractivity contribution in [2.24, 2.45) is 5.41 Å². The summed E-state index contributed by atoms with van der Waals surface area (Å²) in [6.45, 7) is 2.54. The normalized spacial score (nSPS) is 25.3. The fourth-order valence-electron chi connectivity index (χ4n) is 1.67. The van der Waals surface area contributed by atoms with Crippen LogP contribution in [-0.2, 0) is 4.79 Å². The number of carbonyl (C=O) groups excluding carboxylic acids is 1. The summed E-state index contributed by atoms with van der Waals surface area (Å²) in [5.74, 6) is 0.433. The van der Waals surface area contributed by atoms with Crippen molar-refractivity contribution in [2.75, 3.05) is 17.3 Å². The van der Waals surface area contributed by atoms with Gasteiger partial charge in [0.15, 0.2) is 0 Å². The topological polar surface area (TPSA) is 20.3 Å². The van der Waals surface area contributed by atoms with Crippen molar-refractivity contribution < 1.29 is 4.79 Å². The molecule has 0 N–H and O–H groups in total. The minimum Gasteiger partial charge on any atom is -0.311 e. The molecular formula is C11H11Cl2NO. The smallest absolute Gasteiger partial charge is 0.235 e. The zero-order valence-corrected chi connectivity index (χ0v) is 9.85. The second kappa shape index (κ2) is 3.69. The number of benzene rings is 1. The third-order valence-electron chi connectivity index (χ3n) is 2.68. The molecule has 1 unspecified atom stereocenters. The van der Waals surface area contributed by atoms with Crippen molar-refractivity contribution in [1.82, 2.24) is 0 Å². The van der Waals surface area contributed by atoms with Crippen molar-refractivity contribution in [3.63, 3.8) is 0 Å². The second-order valence-corrected chi connectivity index (χ2v) is 4.77. The number of alkyl halides is 1. The Kier molecular flexibility index (Phi) is 2.65. The van der Waals surface area contributed by atoms with Gasteiger partial charge in [0.25, 0.3) is 0 Å². The number of nitrogens with zero attached hydrogens (tertiary/aromatic N) is 1. The lowest BCUT2D eigenvalue weighted by Gasteiger charge is -2.45. The van der Waals surface area contributed by atoms with Gasteiger partial charge in [-0.2, -0.15) is 0 Å². The highest BCUT2D eigenvalue weighted by Crippen LogP contribution is 2.37. The summed E-state index contributed by atoms with van der Waals surface area (Å²) in [4.78, 5) is 13.5. The number of hydrogen-bond donors (Lipinski definition) is 0. The molecule has 0 bridgehead atoms. The van der Waals surface area contributed by atoms with E-state index in [0.29, 0.717) is 17.4 Å². The molecule has 4 heteroatoms. The minimum absolute atomic E-state index is 0.0692. The molecule has 0 aromatic heterocycles. The monoisotopic (exact) mass is 243 g/mol. The van der Waals surface area contributed by atoms with Gasteiger partial charge in [-0.05, 0) is 25.1 Å². The van der Waals surface area contributed by atoms with Crippen molar-refractivity contribution in [1.29, 1.82) is 0 Å². The van der Waals surface area contributed by atoms with Gasteiger partial charge in [0, 0.05) is 23.1 Å². The summed E-state index contributed by atoms with van der Waals surface area (Å²) in [6.07, 6.45) is 0. The predicted molar refractivity (Wildman–Crippen MR) is 62.6 cm³/mol. The lowest BCUT2D eigenvalue weighted by atomic mass is 9.82. The summed E-state index contributed by atoms with van der Waals surface area (Å²) < 4.78 is 0. The molecule has 1 aliphatic rings. The van der Waals surface area contributed by atoms with Crippen LogP contribution >= 0.6 is 23.2 Å². The average molecular weight is 244 g/mol. The van der Waals surface area contributed by atoms with E-state index in [9.17, 15) is 4.79 Å². The molecule has 1 aromatic carbocycles. The second-order valence-electron chi connectivity index (χ2n) is 4.07. The highest BCUT2D eigenvalue weighted by atomic mass is 35.5. The minimum atomic E-state index is -0.399. The first kappa shape index (κ1) is 10.8. The summed E-state index contributed by atoms with van der Waals surface area (Å²) in [5.41, 5.74) is 0.444. The molecule has 1 fully saturated rings. The molecule has 1 aromatic rings. The molecule has 1 aliphatic heterocycles. The predicted octanol–water partition coefficient (Wildman–Crippen LogP) is 2.93. The number of anilines is 1. The van der Waals surface area contributed by atoms with E-state index in [1.54, 1.807) is 17.0 Å². The maximum Gasteiger partial charge on any atom is 0.235 e. The first-order valence-corrected chi connectivity index (χ1v) is 5.61. The van der Waals surface area contributed by atoms with Crippen molar-refractivity contribution in [3.8, 4) is 0 Å². The van der Waals surface area contributed by atoms with E-state index in [2.05, 4.69) is 0 Å². The van der Waals surface area contributed by atoms with Crippen LogP contribution in [0.4, 0.5) is 5.69 Å². The highest BCUT2D eigenvalue weighted by molar-refractivity contribution is 6.31. The van der Waals surface area contributed by atoms with Crippen LogP contribution in [0.15, 0.2) is 24.3 Å². The summed E-state index contributed by atoms with van der Waals surface area (Å²) in [6, 6.07) is 7.28. The van der Waals surface area contributed by atoms with Gasteiger partial charge in [-0.3, -0.25) is 4.79 Å². The zero-order chi connectivity index (χ0) is 11.1. The summed E-state index contributed by atoms with van der Waals surface area (Å²) in [5, 5.41) is 0.639. The maximum atomic E-state index is 11.8. The Morgan fingerprint density at radius 1 is 1.53 bits per heavy atom. The van der Waals surface area contributed by atoms with Crippen LogP contribution in [0.1, 0.15) is 6.92 Å². The van der Waals surface area contributed by atoms with Crippen LogP contribution in [-0.4, -0.2) is 18.3 Å². The molecule has 1 saturated heterocycles. The van der Waals surface area contributed by atoms with E-state index in [-0.39, 0.29) is 5.91 Å². The van der Waals surface area contributed by atoms with E-state index in [4.69, 9.17) is 23.2 Å². The molecule has 2 nitrogen and oxygen atoms in total. The van der Waals surface area contributed by atoms with Gasteiger partial charge in [0.2, 0.25) is 5.91 Å². The van der Waals surface area contributed by atoms with Gasteiger partial charge in [-0.1, -0.05) is 17.7 Å². The Hall–Kier alpha value is -0.730. The molecule has 1 amide bonds. The molecule has 1 atom stereocenters. The summed E-state index contributed by atoms with van der Waals surface area (Å²) >= 11 is 11.6. The zero-order valence-electron chi connectivity index (χ0n) is 8.34. The maximum absolute atomic E-state index is 11.8. The van der Waals surface area contributed by atoms with Gasteiger partial charge in [0.05, 0.1) is 5.41 Å². The van der Waals surface area contributed by atoms with Crippen LogP contribution in [0.25, 0.3) is 0 Å². The fourth-order valence-corrected chi connectivity index (χ4v) is 2.06. The molecule has 0 saturated carbocycles. The molecule has 15 heavy (non-hydrogen) atoms. The lowest BCUT2D eigenvalue weighted by Crippen LogP contribution is -2.61. The van der Waals surface area contributed by atoms with Crippen LogP contribution in [0.3, 0.4) is 0 Å². The van der Waals surface area contributed by atoms with Crippen molar-refractivity contribution in [2.45, 2.75) is 6.92 Å². The molecular weight excluding hydrogens is 233 g/mol. The molecule has 80 valence electrons. The standard InChI is InChI=1S/C11H11Cl2NO/c1-11(6-12)7-14(10(11)15)9-4-2-3-8(13)5-9/h2-5H,6-7H2,1H3. The number of carbonyl (C=O) groups is 1. The SMILES string of the molecule is CC1(CCl)CN(c2cccc(Cl)c2)C1=O. The van der Waals surface area contributed by atoms with Gasteiger partial charge < -0.3 is 4.90 Å². The van der Waals surface area contributed by atoms with Gasteiger partial charge >= 0.3 is 0 Å². The van der Waals surface area contributed by atoms with Gasteiger partial charge in [-0.15, -0.1) is 11.6 Å². The van der Waals surface area contributed by atoms with Crippen LogP contribution in [0, 0.1) is 5.41 Å². The summed E-state index contributed by atoms with van der Waals surface area (Å²) in [7, 11) is 0. The highest BCUT2D eigenvalue weighted by Gasteiger charge is 2.48. The molecule has 0 spiro atoms.